The molecule has 0 fully saturated rings. The van der Waals surface area contributed by atoms with Crippen LogP contribution >= 0.6 is 11.6 Å². The van der Waals surface area contributed by atoms with Crippen LogP contribution in [0.4, 0.5) is 0 Å². The van der Waals surface area contributed by atoms with Crippen molar-refractivity contribution in [3.8, 4) is 5.75 Å². The first kappa shape index (κ1) is 13.5. The molecule has 1 rings (SSSR count). The molecule has 0 amide bonds. The molecule has 0 aliphatic rings. The van der Waals surface area contributed by atoms with Crippen LogP contribution in [0.3, 0.4) is 0 Å². The molecule has 0 saturated carbocycles. The quantitative estimate of drug-likeness (QED) is 0.472. The monoisotopic (exact) mass is 256 g/mol. The van der Waals surface area contributed by atoms with E-state index in [4.69, 9.17) is 16.3 Å². The van der Waals surface area contributed by atoms with Gasteiger partial charge in [-0.15, -0.1) is 0 Å². The van der Waals surface area contributed by atoms with Gasteiger partial charge < -0.3 is 9.47 Å². The topological polar surface area (TPSA) is 52.6 Å². The van der Waals surface area contributed by atoms with Crippen LogP contribution in [0.25, 0.3) is 0 Å². The second kappa shape index (κ2) is 5.68. The SMILES string of the molecule is COC(=O)CC(=O)c1cc(Cl)c(C)cc1OC. The van der Waals surface area contributed by atoms with Crippen molar-refractivity contribution >= 4 is 23.4 Å². The van der Waals surface area contributed by atoms with Gasteiger partial charge in [0.25, 0.3) is 0 Å². The van der Waals surface area contributed by atoms with Gasteiger partial charge in [-0.05, 0) is 24.6 Å². The van der Waals surface area contributed by atoms with Crippen molar-refractivity contribution in [2.24, 2.45) is 0 Å². The number of aryl methyl sites for hydroxylation is 1. The predicted octanol–water partition coefficient (Wildman–Crippen LogP) is 2.40. The number of esters is 1. The number of hydrogen-bond acceptors (Lipinski definition) is 4. The number of methoxy groups -OCH3 is 2. The van der Waals surface area contributed by atoms with E-state index in [9.17, 15) is 9.59 Å². The number of ether oxygens (including phenoxy) is 2. The van der Waals surface area contributed by atoms with Crippen molar-refractivity contribution in [3.63, 3.8) is 0 Å². The van der Waals surface area contributed by atoms with E-state index in [0.29, 0.717) is 10.8 Å². The van der Waals surface area contributed by atoms with Gasteiger partial charge in [0, 0.05) is 5.02 Å². The summed E-state index contributed by atoms with van der Waals surface area (Å²) in [4.78, 5) is 22.8. The second-order valence-corrected chi connectivity index (χ2v) is 3.88. The molecule has 1 aromatic carbocycles. The highest BCUT2D eigenvalue weighted by molar-refractivity contribution is 6.32. The minimum Gasteiger partial charge on any atom is -0.496 e. The molecule has 0 N–H and O–H groups in total. The van der Waals surface area contributed by atoms with Crippen LogP contribution in [0.1, 0.15) is 22.3 Å². The van der Waals surface area contributed by atoms with Gasteiger partial charge in [-0.3, -0.25) is 9.59 Å². The molecule has 92 valence electrons. The largest absolute Gasteiger partial charge is 0.496 e. The molecule has 0 heterocycles. The number of halogens is 1. The molecule has 1 aromatic rings. The van der Waals surface area contributed by atoms with Gasteiger partial charge in [0.05, 0.1) is 19.8 Å². The number of Topliss-reactive ketones (excluding diaryl/α,β-unsaturated/α-hetero) is 1. The zero-order valence-corrected chi connectivity index (χ0v) is 10.6. The molecule has 0 aliphatic carbocycles. The van der Waals surface area contributed by atoms with Crippen LogP contribution in [-0.4, -0.2) is 26.0 Å². The molecule has 0 spiro atoms. The molecule has 0 unspecified atom stereocenters. The number of ketones is 1. The Balaban J connectivity index is 3.08. The van der Waals surface area contributed by atoms with Crippen LogP contribution in [0, 0.1) is 6.92 Å². The highest BCUT2D eigenvalue weighted by Gasteiger charge is 2.17. The van der Waals surface area contributed by atoms with E-state index in [0.717, 1.165) is 5.56 Å². The first-order valence-corrected chi connectivity index (χ1v) is 5.31. The molecule has 0 saturated heterocycles. The van der Waals surface area contributed by atoms with Gasteiger partial charge in [-0.25, -0.2) is 0 Å². The first-order chi connectivity index (χ1) is 7.99. The molecule has 0 bridgehead atoms. The van der Waals surface area contributed by atoms with Crippen molar-refractivity contribution < 1.29 is 19.1 Å². The molecular formula is C12H13ClO4. The summed E-state index contributed by atoms with van der Waals surface area (Å²) < 4.78 is 9.52. The van der Waals surface area contributed by atoms with Crippen LogP contribution in [-0.2, 0) is 9.53 Å². The fraction of sp³-hybridized carbons (Fsp3) is 0.333. The summed E-state index contributed by atoms with van der Waals surface area (Å²) in [6.45, 7) is 1.80. The number of carbonyl (C=O) groups is 2. The summed E-state index contributed by atoms with van der Waals surface area (Å²) in [5.41, 5.74) is 1.09. The van der Waals surface area contributed by atoms with Gasteiger partial charge in [0.1, 0.15) is 12.2 Å². The fourth-order valence-electron chi connectivity index (χ4n) is 1.34. The lowest BCUT2D eigenvalue weighted by molar-refractivity contribution is -0.139. The van der Waals surface area contributed by atoms with Crippen molar-refractivity contribution in [2.75, 3.05) is 14.2 Å². The van der Waals surface area contributed by atoms with Gasteiger partial charge in [-0.1, -0.05) is 11.6 Å². The van der Waals surface area contributed by atoms with Gasteiger partial charge in [0.2, 0.25) is 0 Å². The maximum absolute atomic E-state index is 11.8. The van der Waals surface area contributed by atoms with Gasteiger partial charge in [0.15, 0.2) is 5.78 Å². The highest BCUT2D eigenvalue weighted by atomic mass is 35.5. The normalized spacial score (nSPS) is 9.88. The molecule has 0 atom stereocenters. The summed E-state index contributed by atoms with van der Waals surface area (Å²) in [5, 5.41) is 0.457. The summed E-state index contributed by atoms with van der Waals surface area (Å²) in [5.74, 6) is -0.565. The average molecular weight is 257 g/mol. The maximum Gasteiger partial charge on any atom is 0.313 e. The number of benzene rings is 1. The van der Waals surface area contributed by atoms with E-state index >= 15 is 0 Å². The maximum atomic E-state index is 11.8. The highest BCUT2D eigenvalue weighted by Crippen LogP contribution is 2.27. The minimum atomic E-state index is -0.589. The Morgan fingerprint density at radius 1 is 1.29 bits per heavy atom. The minimum absolute atomic E-state index is 0.286. The molecule has 4 nitrogen and oxygen atoms in total. The standard InChI is InChI=1S/C12H13ClO4/c1-7-4-11(16-2)8(5-9(7)13)10(14)6-12(15)17-3/h4-5H,6H2,1-3H3. The van der Waals surface area contributed by atoms with E-state index in [-0.39, 0.29) is 17.8 Å². The van der Waals surface area contributed by atoms with Gasteiger partial charge in [-0.2, -0.15) is 0 Å². The summed E-state index contributed by atoms with van der Waals surface area (Å²) in [6.07, 6.45) is -0.327. The van der Waals surface area contributed by atoms with E-state index in [2.05, 4.69) is 4.74 Å². The van der Waals surface area contributed by atoms with Gasteiger partial charge >= 0.3 is 5.97 Å². The average Bonchev–Trinajstić information content (AvgIpc) is 2.31. The van der Waals surface area contributed by atoms with E-state index in [1.54, 1.807) is 13.0 Å². The Morgan fingerprint density at radius 2 is 1.94 bits per heavy atom. The van der Waals surface area contributed by atoms with Crippen molar-refractivity contribution in [1.82, 2.24) is 0 Å². The number of carbonyl (C=O) groups excluding carboxylic acids is 2. The Bertz CT molecular complexity index is 454. The van der Waals surface area contributed by atoms with Crippen molar-refractivity contribution in [2.45, 2.75) is 13.3 Å². The third-order valence-electron chi connectivity index (χ3n) is 2.31. The lowest BCUT2D eigenvalue weighted by Crippen LogP contribution is -2.10. The van der Waals surface area contributed by atoms with Crippen LogP contribution in [0.15, 0.2) is 12.1 Å². The zero-order chi connectivity index (χ0) is 13.0. The first-order valence-electron chi connectivity index (χ1n) is 4.93. The van der Waals surface area contributed by atoms with Crippen LogP contribution in [0.2, 0.25) is 5.02 Å². The molecule has 0 aromatic heterocycles. The molecular weight excluding hydrogens is 244 g/mol. The summed E-state index contributed by atoms with van der Waals surface area (Å²) in [7, 11) is 2.69. The lowest BCUT2D eigenvalue weighted by Gasteiger charge is -2.09. The van der Waals surface area contributed by atoms with E-state index in [1.807, 2.05) is 0 Å². The molecule has 5 heteroatoms. The molecule has 17 heavy (non-hydrogen) atoms. The van der Waals surface area contributed by atoms with E-state index in [1.165, 1.54) is 20.3 Å². The summed E-state index contributed by atoms with van der Waals surface area (Å²) in [6, 6.07) is 3.16. The lowest BCUT2D eigenvalue weighted by atomic mass is 10.0. The van der Waals surface area contributed by atoms with Crippen molar-refractivity contribution in [3.05, 3.63) is 28.3 Å². The van der Waals surface area contributed by atoms with Crippen LogP contribution < -0.4 is 4.74 Å². The van der Waals surface area contributed by atoms with Crippen LogP contribution in [0.5, 0.6) is 5.75 Å². The van der Waals surface area contributed by atoms with Crippen molar-refractivity contribution in [1.29, 1.82) is 0 Å². The third kappa shape index (κ3) is 3.20. The Kier molecular flexibility index (Phi) is 4.52. The fourth-order valence-corrected chi connectivity index (χ4v) is 1.50. The Morgan fingerprint density at radius 3 is 2.47 bits per heavy atom. The predicted molar refractivity (Wildman–Crippen MR) is 63.7 cm³/mol. The second-order valence-electron chi connectivity index (χ2n) is 3.48. The smallest absolute Gasteiger partial charge is 0.313 e. The number of hydrogen-bond donors (Lipinski definition) is 0. The Hall–Kier alpha value is -1.55. The zero-order valence-electron chi connectivity index (χ0n) is 9.87. The molecule has 0 radical (unpaired) electrons. The summed E-state index contributed by atoms with van der Waals surface area (Å²) >= 11 is 5.93. The van der Waals surface area contributed by atoms with E-state index < -0.39 is 5.97 Å². The Labute approximate surface area is 104 Å². The third-order valence-corrected chi connectivity index (χ3v) is 2.72. The molecule has 0 aliphatic heterocycles. The number of rotatable bonds is 4.